The Hall–Kier alpha value is -0.294. The van der Waals surface area contributed by atoms with E-state index in [-0.39, 0.29) is 57.4 Å². The molecule has 0 atom stereocenters. The van der Waals surface area contributed by atoms with E-state index in [1.165, 1.54) is 6.07 Å². The largest absolute Gasteiger partial charge is 2.00 e. The molecule has 0 aliphatic rings. The Morgan fingerprint density at radius 1 is 1.22 bits per heavy atom. The molecule has 0 aromatic heterocycles. The molecule has 2 rings (SSSR count). The van der Waals surface area contributed by atoms with E-state index < -0.39 is 5.82 Å². The van der Waals surface area contributed by atoms with Gasteiger partial charge in [0.1, 0.15) is 0 Å². The fraction of sp³-hybridized carbons (Fsp3) is 0.0769. The van der Waals surface area contributed by atoms with Gasteiger partial charge in [0.2, 0.25) is 0 Å². The molecule has 0 heterocycles. The fourth-order valence-corrected chi connectivity index (χ4v) is 1.51. The van der Waals surface area contributed by atoms with E-state index in [0.29, 0.717) is 0 Å². The van der Waals surface area contributed by atoms with Gasteiger partial charge in [0, 0.05) is 0 Å². The van der Waals surface area contributed by atoms with Crippen LogP contribution in [0.2, 0.25) is 5.02 Å². The molecule has 0 unspecified atom stereocenters. The molecule has 0 saturated carbocycles. The van der Waals surface area contributed by atoms with Gasteiger partial charge >= 0.3 is 23.1 Å². The van der Waals surface area contributed by atoms with Crippen LogP contribution in [0.15, 0.2) is 42.5 Å². The van der Waals surface area contributed by atoms with Crippen molar-refractivity contribution in [2.75, 3.05) is 0 Å². The molecule has 0 spiro atoms. The van der Waals surface area contributed by atoms with Crippen molar-refractivity contribution in [1.82, 2.24) is 0 Å². The predicted molar refractivity (Wildman–Crippen MR) is 66.8 cm³/mol. The summed E-state index contributed by atoms with van der Waals surface area (Å²) in [5.41, 5.74) is 0.918. The van der Waals surface area contributed by atoms with Gasteiger partial charge in [-0.2, -0.15) is 30.3 Å². The first-order valence-electron chi connectivity index (χ1n) is 4.79. The molecule has 0 amide bonds. The van der Waals surface area contributed by atoms with E-state index in [2.05, 4.69) is 6.07 Å². The van der Waals surface area contributed by atoms with E-state index in [4.69, 9.17) is 16.3 Å². The molecule has 0 saturated heterocycles. The minimum atomic E-state index is -0.451. The van der Waals surface area contributed by atoms with Crippen molar-refractivity contribution >= 4 is 34.7 Å². The van der Waals surface area contributed by atoms with Crippen molar-refractivity contribution in [1.29, 1.82) is 0 Å². The molecule has 18 heavy (non-hydrogen) atoms. The summed E-state index contributed by atoms with van der Waals surface area (Å²) in [5, 5.41) is 0.278. The number of halogens is 3. The minimum Gasteiger partial charge on any atom is -1.00 e. The summed E-state index contributed by atoms with van der Waals surface area (Å²) in [6, 6.07) is 14.7. The molecule has 0 radical (unpaired) electrons. The van der Waals surface area contributed by atoms with Crippen LogP contribution in [0.4, 0.5) is 4.39 Å². The van der Waals surface area contributed by atoms with Crippen LogP contribution in [-0.2, 0) is 6.61 Å². The van der Waals surface area contributed by atoms with Gasteiger partial charge in [0.25, 0.3) is 0 Å². The summed E-state index contributed by atoms with van der Waals surface area (Å²) in [6.07, 6.45) is 0. The summed E-state index contributed by atoms with van der Waals surface area (Å²) in [4.78, 5) is 0. The van der Waals surface area contributed by atoms with Crippen molar-refractivity contribution in [3.8, 4) is 5.75 Å². The Kier molecular flexibility index (Phi) is 8.60. The first-order chi connectivity index (χ1) is 7.77. The molecule has 0 bridgehead atoms. The summed E-state index contributed by atoms with van der Waals surface area (Å²) in [7, 11) is 0. The fourth-order valence-electron chi connectivity index (χ4n) is 1.30. The van der Waals surface area contributed by atoms with Gasteiger partial charge < -0.3 is 21.7 Å². The van der Waals surface area contributed by atoms with Crippen molar-refractivity contribution in [3.05, 3.63) is 64.9 Å². The van der Waals surface area contributed by atoms with Crippen LogP contribution < -0.4 is 21.7 Å². The summed E-state index contributed by atoms with van der Waals surface area (Å²) < 4.78 is 18.7. The Labute approximate surface area is 137 Å². The first-order valence-corrected chi connectivity index (χ1v) is 5.17. The van der Waals surface area contributed by atoms with Gasteiger partial charge in [-0.05, 0) is 12.1 Å². The maximum atomic E-state index is 13.3. The number of hydrogen-bond donors (Lipinski definition) is 0. The van der Waals surface area contributed by atoms with Gasteiger partial charge in [-0.25, -0.2) is 4.39 Å². The topological polar surface area (TPSA) is 9.23 Å². The predicted octanol–water partition coefficient (Wildman–Crippen LogP) is 0.481. The van der Waals surface area contributed by atoms with Crippen LogP contribution in [-0.4, -0.2) is 23.1 Å². The van der Waals surface area contributed by atoms with Crippen LogP contribution in [0.5, 0.6) is 5.75 Å². The zero-order valence-electron chi connectivity index (χ0n) is 9.50. The molecular weight excluding hydrogens is 331 g/mol. The van der Waals surface area contributed by atoms with E-state index in [1.54, 1.807) is 24.3 Å². The zero-order chi connectivity index (χ0) is 11.4. The van der Waals surface area contributed by atoms with E-state index >= 15 is 0 Å². The van der Waals surface area contributed by atoms with E-state index in [0.717, 1.165) is 5.56 Å². The molecular formula is C13H9BrClFMgO. The SMILES string of the molecule is Fc1cccc(Cl)c1OCc1c[c-]ccc1.[Br-].[Mg+2]. The number of rotatable bonds is 3. The molecule has 1 nitrogen and oxygen atoms in total. The molecule has 0 N–H and O–H groups in total. The number of ether oxygens (including phenoxy) is 1. The second-order valence-corrected chi connectivity index (χ2v) is 3.66. The van der Waals surface area contributed by atoms with Crippen LogP contribution in [0.3, 0.4) is 0 Å². The Balaban J connectivity index is 0.00000144. The summed E-state index contributed by atoms with van der Waals surface area (Å²) >= 11 is 5.82. The molecule has 0 aliphatic carbocycles. The third kappa shape index (κ3) is 4.76. The summed E-state index contributed by atoms with van der Waals surface area (Å²) in [5.74, 6) is -0.361. The Bertz CT molecular complexity index is 461. The Morgan fingerprint density at radius 2 is 2.00 bits per heavy atom. The maximum absolute atomic E-state index is 13.3. The second-order valence-electron chi connectivity index (χ2n) is 3.25. The molecule has 5 heteroatoms. The van der Waals surface area contributed by atoms with Gasteiger partial charge in [-0.15, -0.1) is 5.56 Å². The van der Waals surface area contributed by atoms with Crippen LogP contribution >= 0.6 is 11.6 Å². The molecule has 2 aromatic rings. The normalized spacial score (nSPS) is 9.00. The molecule has 0 fully saturated rings. The summed E-state index contributed by atoms with van der Waals surface area (Å²) in [6.45, 7) is 0.276. The van der Waals surface area contributed by atoms with Crippen LogP contribution in [0, 0.1) is 11.9 Å². The quantitative estimate of drug-likeness (QED) is 0.584. The second kappa shape index (κ2) is 8.75. The molecule has 90 valence electrons. The van der Waals surface area contributed by atoms with Crippen molar-refractivity contribution in [2.45, 2.75) is 6.61 Å². The smallest absolute Gasteiger partial charge is 1.00 e. The first kappa shape index (κ1) is 17.7. The van der Waals surface area contributed by atoms with Gasteiger partial charge in [-0.3, -0.25) is 0 Å². The minimum absolute atomic E-state index is 0. The average Bonchev–Trinajstić information content (AvgIpc) is 2.30. The molecule has 2 aromatic carbocycles. The average molecular weight is 340 g/mol. The van der Waals surface area contributed by atoms with Crippen molar-refractivity contribution < 1.29 is 26.1 Å². The van der Waals surface area contributed by atoms with E-state index in [9.17, 15) is 4.39 Å². The van der Waals surface area contributed by atoms with Crippen LogP contribution in [0.25, 0.3) is 0 Å². The van der Waals surface area contributed by atoms with Crippen molar-refractivity contribution in [3.63, 3.8) is 0 Å². The van der Waals surface area contributed by atoms with Gasteiger partial charge in [0.15, 0.2) is 11.6 Å². The monoisotopic (exact) mass is 338 g/mol. The zero-order valence-corrected chi connectivity index (χ0v) is 13.3. The van der Waals surface area contributed by atoms with Gasteiger partial charge in [-0.1, -0.05) is 17.7 Å². The van der Waals surface area contributed by atoms with Crippen LogP contribution in [0.1, 0.15) is 5.56 Å². The molecule has 0 aliphatic heterocycles. The number of hydrogen-bond acceptors (Lipinski definition) is 1. The maximum Gasteiger partial charge on any atom is 2.00 e. The van der Waals surface area contributed by atoms with Crippen molar-refractivity contribution in [2.24, 2.45) is 0 Å². The standard InChI is InChI=1S/C13H9ClFO.BrH.Mg/c14-11-7-4-8-12(15)13(11)16-9-10-5-2-1-3-6-10;;/h1-2,4-8H,9H2;1H;/q-1;;+2/p-1. The van der Waals surface area contributed by atoms with Gasteiger partial charge in [0.05, 0.1) is 11.6 Å². The third-order valence-electron chi connectivity index (χ3n) is 2.07. The number of benzene rings is 2. The number of para-hydroxylation sites is 1. The Morgan fingerprint density at radius 3 is 2.61 bits per heavy atom. The van der Waals surface area contributed by atoms with E-state index in [1.807, 2.05) is 12.1 Å². The third-order valence-corrected chi connectivity index (χ3v) is 2.37.